The summed E-state index contributed by atoms with van der Waals surface area (Å²) in [6.07, 6.45) is 5.91. The van der Waals surface area contributed by atoms with Gasteiger partial charge in [0.15, 0.2) is 0 Å². The summed E-state index contributed by atoms with van der Waals surface area (Å²) in [6.45, 7) is 2.09. The van der Waals surface area contributed by atoms with Crippen molar-refractivity contribution >= 4 is 22.7 Å². The molecule has 33 heavy (non-hydrogen) atoms. The average Bonchev–Trinajstić information content (AvgIpc) is 3.12. The first-order chi connectivity index (χ1) is 16.1. The maximum absolute atomic E-state index is 7.52. The summed E-state index contributed by atoms with van der Waals surface area (Å²) < 4.78 is 7.52. The molecule has 8 rings (SSSR count). The number of rotatable bonds is 6. The van der Waals surface area contributed by atoms with Crippen LogP contribution in [0.2, 0.25) is 0 Å². The van der Waals surface area contributed by atoms with Crippen molar-refractivity contribution in [2.24, 2.45) is 29.1 Å². The van der Waals surface area contributed by atoms with E-state index in [1.807, 2.05) is 0 Å². The number of hydrogen-bond donors (Lipinski definition) is 0. The van der Waals surface area contributed by atoms with Crippen LogP contribution in [0.3, 0.4) is 0 Å². The van der Waals surface area contributed by atoms with Crippen molar-refractivity contribution in [2.75, 3.05) is 0 Å². The third-order valence-corrected chi connectivity index (χ3v) is 17.1. The van der Waals surface area contributed by atoms with Crippen LogP contribution in [0.1, 0.15) is 39.5 Å². The fourth-order valence-electron chi connectivity index (χ4n) is 8.98. The zero-order valence-electron chi connectivity index (χ0n) is 19.8. The molecule has 0 radical (unpaired) electrons. The third kappa shape index (κ3) is 2.36. The average molecular weight is 455 g/mol. The van der Waals surface area contributed by atoms with Crippen LogP contribution in [0, 0.1) is 29.1 Å². The Kier molecular flexibility index (Phi) is 4.21. The molecule has 4 aliphatic carbocycles. The molecule has 5 aliphatic rings. The van der Waals surface area contributed by atoms with Crippen LogP contribution in [0.5, 0.6) is 0 Å². The fourth-order valence-corrected chi connectivity index (χ4v) is 15.6. The van der Waals surface area contributed by atoms with Gasteiger partial charge in [0.1, 0.15) is 0 Å². The second-order valence-corrected chi connectivity index (χ2v) is 16.3. The van der Waals surface area contributed by atoms with Gasteiger partial charge in [-0.1, -0.05) is 0 Å². The van der Waals surface area contributed by atoms with E-state index in [1.54, 1.807) is 0 Å². The Hall–Kier alpha value is -1.95. The van der Waals surface area contributed by atoms with Crippen molar-refractivity contribution in [1.82, 2.24) is 0 Å². The topological polar surface area (TPSA) is 9.23 Å². The third-order valence-electron chi connectivity index (χ3n) is 10.6. The summed E-state index contributed by atoms with van der Waals surface area (Å²) in [7, 11) is 0. The minimum absolute atomic E-state index is 0.329. The molecule has 5 atom stereocenters. The molecule has 0 spiro atoms. The van der Waals surface area contributed by atoms with Crippen LogP contribution in [-0.2, 0) is 4.52 Å². The van der Waals surface area contributed by atoms with Gasteiger partial charge in [-0.25, -0.2) is 0 Å². The van der Waals surface area contributed by atoms with Gasteiger partial charge < -0.3 is 0 Å². The monoisotopic (exact) mass is 454 g/mol. The van der Waals surface area contributed by atoms with E-state index in [4.69, 9.17) is 4.52 Å². The molecule has 5 fully saturated rings. The Labute approximate surface area is 198 Å². The van der Waals surface area contributed by atoms with Crippen LogP contribution in [0.15, 0.2) is 91.0 Å². The SMILES string of the molecule is CC1[C@@H](CCC2(C)C3CC4C(C3)C42)OP1(c1ccccc1)(c1ccccc1)c1ccccc1. The Morgan fingerprint density at radius 1 is 0.758 bits per heavy atom. The first-order valence-electron chi connectivity index (χ1n) is 13.0. The summed E-state index contributed by atoms with van der Waals surface area (Å²) in [5.74, 6) is 4.18. The van der Waals surface area contributed by atoms with E-state index in [-0.39, 0.29) is 0 Å². The van der Waals surface area contributed by atoms with E-state index in [0.717, 1.165) is 23.7 Å². The van der Waals surface area contributed by atoms with Crippen LogP contribution >= 0.6 is 6.83 Å². The van der Waals surface area contributed by atoms with E-state index in [1.165, 1.54) is 41.6 Å². The van der Waals surface area contributed by atoms with Gasteiger partial charge in [0.25, 0.3) is 0 Å². The first kappa shape index (κ1) is 20.4. The molecular weight excluding hydrogens is 419 g/mol. The molecule has 170 valence electrons. The summed E-state index contributed by atoms with van der Waals surface area (Å²) in [5, 5.41) is 4.13. The molecule has 3 aromatic carbocycles. The summed E-state index contributed by atoms with van der Waals surface area (Å²) in [4.78, 5) is 0. The van der Waals surface area contributed by atoms with E-state index in [0.29, 0.717) is 17.2 Å². The molecule has 0 N–H and O–H groups in total. The molecule has 0 aromatic heterocycles. The van der Waals surface area contributed by atoms with Gasteiger partial charge >= 0.3 is 199 Å². The predicted molar refractivity (Wildman–Crippen MR) is 140 cm³/mol. The van der Waals surface area contributed by atoms with Crippen molar-refractivity contribution in [3.63, 3.8) is 0 Å². The van der Waals surface area contributed by atoms with Crippen LogP contribution < -0.4 is 15.9 Å². The van der Waals surface area contributed by atoms with Crippen LogP contribution in [0.4, 0.5) is 0 Å². The number of hydrogen-bond acceptors (Lipinski definition) is 1. The molecule has 2 heteroatoms. The molecular formula is C31H35OP. The predicted octanol–water partition coefficient (Wildman–Crippen LogP) is 6.29. The molecule has 4 saturated carbocycles. The van der Waals surface area contributed by atoms with Gasteiger partial charge in [-0.3, -0.25) is 0 Å². The van der Waals surface area contributed by atoms with E-state index in [9.17, 15) is 0 Å². The Morgan fingerprint density at radius 2 is 1.21 bits per heavy atom. The fraction of sp³-hybridized carbons (Fsp3) is 0.419. The quantitative estimate of drug-likeness (QED) is 0.398. The molecule has 1 aliphatic heterocycles. The van der Waals surface area contributed by atoms with Crippen molar-refractivity contribution in [2.45, 2.75) is 51.3 Å². The zero-order valence-corrected chi connectivity index (χ0v) is 20.7. The standard InChI is InChI=1S/C31H35OP/c1-22-29(18-19-31(2)23-20-27-28(21-23)30(27)31)32-33(22,24-12-6-3-7-13-24,25-14-8-4-9-15-25)26-16-10-5-11-17-26/h3-17,22-23,27-30H,18-21H2,1-2H3/t22?,23?,27?,28?,29-,30?,31?/m1/s1. The first-order valence-corrected chi connectivity index (χ1v) is 15.2. The van der Waals surface area contributed by atoms with Gasteiger partial charge in [0, 0.05) is 0 Å². The normalized spacial score (nSPS) is 39.9. The Balaban J connectivity index is 1.31. The van der Waals surface area contributed by atoms with Crippen molar-refractivity contribution in [3.8, 4) is 0 Å². The second-order valence-electron chi connectivity index (χ2n) is 11.6. The van der Waals surface area contributed by atoms with E-state index in [2.05, 4.69) is 105 Å². The van der Waals surface area contributed by atoms with Crippen molar-refractivity contribution in [3.05, 3.63) is 91.0 Å². The molecule has 1 nitrogen and oxygen atoms in total. The van der Waals surface area contributed by atoms with Crippen LogP contribution in [0.25, 0.3) is 0 Å². The molecule has 1 heterocycles. The molecule has 4 unspecified atom stereocenters. The maximum atomic E-state index is 7.52. The van der Waals surface area contributed by atoms with Crippen molar-refractivity contribution in [1.29, 1.82) is 0 Å². The van der Waals surface area contributed by atoms with Gasteiger partial charge in [-0.05, 0) is 0 Å². The summed E-state index contributed by atoms with van der Waals surface area (Å²) >= 11 is 0. The second kappa shape index (κ2) is 6.80. The van der Waals surface area contributed by atoms with Crippen molar-refractivity contribution < 1.29 is 4.52 Å². The summed E-state index contributed by atoms with van der Waals surface area (Å²) in [6, 6.07) is 33.5. The zero-order chi connectivity index (χ0) is 22.3. The Bertz CT molecular complexity index is 1060. The molecule has 4 bridgehead atoms. The van der Waals surface area contributed by atoms with E-state index >= 15 is 0 Å². The van der Waals surface area contributed by atoms with Gasteiger partial charge in [-0.2, -0.15) is 0 Å². The summed E-state index contributed by atoms with van der Waals surface area (Å²) in [5.41, 5.74) is 1.05. The minimum atomic E-state index is -3.02. The molecule has 0 amide bonds. The molecule has 3 aromatic rings. The van der Waals surface area contributed by atoms with Gasteiger partial charge in [-0.15, -0.1) is 0 Å². The van der Waals surface area contributed by atoms with Gasteiger partial charge in [0.05, 0.1) is 0 Å². The molecule has 1 saturated heterocycles. The van der Waals surface area contributed by atoms with E-state index < -0.39 is 6.83 Å². The number of benzene rings is 3. The Morgan fingerprint density at radius 3 is 1.58 bits per heavy atom. The van der Waals surface area contributed by atoms with Crippen LogP contribution in [-0.4, -0.2) is 11.8 Å². The van der Waals surface area contributed by atoms with Gasteiger partial charge in [0.2, 0.25) is 0 Å².